The summed E-state index contributed by atoms with van der Waals surface area (Å²) >= 11 is -0.200. The first-order valence-electron chi connectivity index (χ1n) is 10.2. The van der Waals surface area contributed by atoms with Crippen LogP contribution in [0.25, 0.3) is 0 Å². The van der Waals surface area contributed by atoms with Crippen LogP contribution in [0.1, 0.15) is 84.0 Å². The van der Waals surface area contributed by atoms with E-state index in [1.165, 1.54) is 44.9 Å². The lowest BCUT2D eigenvalue weighted by Crippen LogP contribution is -2.07. The summed E-state index contributed by atoms with van der Waals surface area (Å²) in [6.45, 7) is 2.16. The Balaban J connectivity index is 2.23. The molecule has 0 aromatic heterocycles. The SMILES string of the molecule is CCCCCCCCCCCCCCOc1c(F)c(F)c(SOOO)c(F)c1F. The van der Waals surface area contributed by atoms with Crippen molar-refractivity contribution in [2.75, 3.05) is 6.61 Å². The molecule has 0 saturated carbocycles. The Morgan fingerprint density at radius 2 is 1.14 bits per heavy atom. The fourth-order valence-electron chi connectivity index (χ4n) is 2.96. The lowest BCUT2D eigenvalue weighted by atomic mass is 10.1. The number of hydrogen-bond acceptors (Lipinski definition) is 5. The lowest BCUT2D eigenvalue weighted by molar-refractivity contribution is -0.432. The number of unbranched alkanes of at least 4 members (excludes halogenated alkanes) is 11. The highest BCUT2D eigenvalue weighted by Gasteiger charge is 2.27. The molecule has 1 rings (SSSR count). The smallest absolute Gasteiger partial charge is 0.205 e. The molecule has 0 unspecified atom stereocenters. The van der Waals surface area contributed by atoms with Crippen LogP contribution in [0.2, 0.25) is 0 Å². The predicted octanol–water partition coefficient (Wildman–Crippen LogP) is 7.75. The van der Waals surface area contributed by atoms with E-state index in [-0.39, 0.29) is 18.6 Å². The van der Waals surface area contributed by atoms with E-state index < -0.39 is 33.9 Å². The Kier molecular flexibility index (Phi) is 14.1. The fraction of sp³-hybridized carbons (Fsp3) is 0.700. The second kappa shape index (κ2) is 15.8. The summed E-state index contributed by atoms with van der Waals surface area (Å²) < 4.78 is 64.1. The van der Waals surface area contributed by atoms with Gasteiger partial charge in [-0.2, -0.15) is 8.78 Å². The van der Waals surface area contributed by atoms with Crippen LogP contribution >= 0.6 is 12.0 Å². The molecule has 1 aromatic rings. The van der Waals surface area contributed by atoms with Crippen LogP contribution in [-0.2, 0) is 9.37 Å². The molecule has 0 heterocycles. The average Bonchev–Trinajstić information content (AvgIpc) is 2.72. The summed E-state index contributed by atoms with van der Waals surface area (Å²) in [5, 5.41) is 11.2. The standard InChI is InChI=1S/C20H30F4O4S/c1-2-3-4-5-6-7-8-9-10-11-12-13-14-26-19-15(21)17(23)20(29-28-27-25)18(24)16(19)22/h25H,2-14H2,1H3. The molecule has 0 amide bonds. The minimum absolute atomic E-state index is 0.0487. The van der Waals surface area contributed by atoms with Crippen LogP contribution in [0.3, 0.4) is 0 Å². The van der Waals surface area contributed by atoms with Gasteiger partial charge in [0.25, 0.3) is 0 Å². The largest absolute Gasteiger partial charge is 0.487 e. The summed E-state index contributed by atoms with van der Waals surface area (Å²) in [6.07, 6.45) is 13.5. The molecule has 0 atom stereocenters. The van der Waals surface area contributed by atoms with Crippen LogP contribution < -0.4 is 4.74 Å². The van der Waals surface area contributed by atoms with Crippen LogP contribution in [0, 0.1) is 23.3 Å². The minimum atomic E-state index is -1.68. The van der Waals surface area contributed by atoms with Gasteiger partial charge in [0.1, 0.15) is 4.90 Å². The van der Waals surface area contributed by atoms with Gasteiger partial charge in [-0.05, 0) is 6.42 Å². The zero-order chi connectivity index (χ0) is 21.5. The molecular formula is C20H30F4O4S. The quantitative estimate of drug-likeness (QED) is 0.0667. The molecule has 0 bridgehead atoms. The van der Waals surface area contributed by atoms with Gasteiger partial charge in [0.15, 0.2) is 17.4 Å². The highest BCUT2D eigenvalue weighted by Crippen LogP contribution is 2.35. The van der Waals surface area contributed by atoms with Gasteiger partial charge in [0.05, 0.1) is 18.6 Å². The van der Waals surface area contributed by atoms with Crippen molar-refractivity contribution in [3.63, 3.8) is 0 Å². The van der Waals surface area contributed by atoms with Crippen LogP contribution in [0.4, 0.5) is 17.6 Å². The summed E-state index contributed by atoms with van der Waals surface area (Å²) in [5.74, 6) is -7.79. The molecule has 1 aromatic carbocycles. The van der Waals surface area contributed by atoms with Gasteiger partial charge in [0, 0.05) is 0 Å². The van der Waals surface area contributed by atoms with Gasteiger partial charge in [-0.3, -0.25) is 0 Å². The fourth-order valence-corrected chi connectivity index (χ4v) is 3.38. The van der Waals surface area contributed by atoms with Crippen molar-refractivity contribution in [1.29, 1.82) is 0 Å². The molecule has 168 valence electrons. The zero-order valence-electron chi connectivity index (χ0n) is 16.8. The Labute approximate surface area is 174 Å². The maximum Gasteiger partial charge on any atom is 0.205 e. The van der Waals surface area contributed by atoms with Gasteiger partial charge in [-0.1, -0.05) is 82.6 Å². The Morgan fingerprint density at radius 3 is 1.59 bits per heavy atom. The summed E-state index contributed by atoms with van der Waals surface area (Å²) in [4.78, 5) is -1.12. The highest BCUT2D eigenvalue weighted by molar-refractivity contribution is 7.94. The molecule has 9 heteroatoms. The van der Waals surface area contributed by atoms with E-state index in [9.17, 15) is 17.6 Å². The molecule has 0 fully saturated rings. The number of benzene rings is 1. The molecular weight excluding hydrogens is 412 g/mol. The first-order chi connectivity index (χ1) is 14.0. The van der Waals surface area contributed by atoms with Crippen molar-refractivity contribution in [3.05, 3.63) is 23.3 Å². The van der Waals surface area contributed by atoms with Crippen molar-refractivity contribution >= 4 is 12.0 Å². The first kappa shape index (κ1) is 26.0. The van der Waals surface area contributed by atoms with E-state index in [1.807, 2.05) is 0 Å². The Bertz CT molecular complexity index is 561. The van der Waals surface area contributed by atoms with Gasteiger partial charge in [-0.15, -0.1) is 4.33 Å². The monoisotopic (exact) mass is 442 g/mol. The molecule has 0 aliphatic rings. The van der Waals surface area contributed by atoms with Crippen LogP contribution in [-0.4, -0.2) is 11.9 Å². The second-order valence-electron chi connectivity index (χ2n) is 6.88. The lowest BCUT2D eigenvalue weighted by Gasteiger charge is -2.12. The third-order valence-electron chi connectivity index (χ3n) is 4.57. The van der Waals surface area contributed by atoms with E-state index in [0.717, 1.165) is 25.7 Å². The maximum absolute atomic E-state index is 13.9. The summed E-state index contributed by atoms with van der Waals surface area (Å²) in [6, 6.07) is 0. The molecule has 0 aliphatic carbocycles. The molecule has 1 N–H and O–H groups in total. The van der Waals surface area contributed by atoms with E-state index in [2.05, 4.69) is 16.3 Å². The number of rotatable bonds is 17. The summed E-state index contributed by atoms with van der Waals surface area (Å²) in [5.41, 5.74) is 0. The van der Waals surface area contributed by atoms with Gasteiger partial charge in [0.2, 0.25) is 11.6 Å². The van der Waals surface area contributed by atoms with E-state index in [1.54, 1.807) is 0 Å². The zero-order valence-corrected chi connectivity index (χ0v) is 17.6. The van der Waals surface area contributed by atoms with Crippen molar-refractivity contribution in [2.24, 2.45) is 0 Å². The predicted molar refractivity (Wildman–Crippen MR) is 104 cm³/mol. The van der Waals surface area contributed by atoms with Gasteiger partial charge in [-0.25, -0.2) is 14.0 Å². The summed E-state index contributed by atoms with van der Waals surface area (Å²) in [7, 11) is 0. The maximum atomic E-state index is 13.9. The van der Waals surface area contributed by atoms with Crippen molar-refractivity contribution in [2.45, 2.75) is 88.9 Å². The third-order valence-corrected chi connectivity index (χ3v) is 5.23. The normalized spacial score (nSPS) is 11.2. The van der Waals surface area contributed by atoms with Crippen molar-refractivity contribution in [1.82, 2.24) is 0 Å². The molecule has 0 radical (unpaired) electrons. The number of hydrogen-bond donors (Lipinski definition) is 1. The number of ether oxygens (including phenoxy) is 1. The third kappa shape index (κ3) is 9.55. The highest BCUT2D eigenvalue weighted by atomic mass is 32.2. The minimum Gasteiger partial charge on any atom is -0.487 e. The van der Waals surface area contributed by atoms with Gasteiger partial charge >= 0.3 is 0 Å². The molecule has 4 nitrogen and oxygen atoms in total. The molecule has 0 saturated heterocycles. The molecule has 0 aliphatic heterocycles. The van der Waals surface area contributed by atoms with E-state index in [0.29, 0.717) is 6.42 Å². The molecule has 29 heavy (non-hydrogen) atoms. The van der Waals surface area contributed by atoms with E-state index >= 15 is 0 Å². The Hall–Kier alpha value is -1.03. The first-order valence-corrected chi connectivity index (χ1v) is 10.9. The average molecular weight is 443 g/mol. The Morgan fingerprint density at radius 1 is 0.690 bits per heavy atom. The molecule has 0 spiro atoms. The topological polar surface area (TPSA) is 47.9 Å². The van der Waals surface area contributed by atoms with Crippen LogP contribution in [0.5, 0.6) is 5.75 Å². The second-order valence-corrected chi connectivity index (χ2v) is 7.59. The van der Waals surface area contributed by atoms with Crippen molar-refractivity contribution in [3.8, 4) is 5.75 Å². The van der Waals surface area contributed by atoms with Crippen LogP contribution in [0.15, 0.2) is 4.90 Å². The van der Waals surface area contributed by atoms with Crippen molar-refractivity contribution < 1.29 is 36.9 Å². The van der Waals surface area contributed by atoms with Gasteiger partial charge < -0.3 is 4.74 Å². The van der Waals surface area contributed by atoms with E-state index in [4.69, 9.17) is 9.99 Å². The number of halogens is 4.